The number of hydrogen-bond donors (Lipinski definition) is 3. The number of benzene rings is 1. The van der Waals surface area contributed by atoms with E-state index in [1.54, 1.807) is 18.2 Å². The van der Waals surface area contributed by atoms with E-state index in [9.17, 15) is 19.2 Å². The second kappa shape index (κ2) is 7.14. The third kappa shape index (κ3) is 3.50. The fourth-order valence-corrected chi connectivity index (χ4v) is 2.84. The van der Waals surface area contributed by atoms with Gasteiger partial charge in [0.05, 0.1) is 0 Å². The lowest BCUT2D eigenvalue weighted by molar-refractivity contribution is -0.134. The molecule has 0 saturated carbocycles. The van der Waals surface area contributed by atoms with Crippen molar-refractivity contribution in [3.63, 3.8) is 0 Å². The predicted octanol–water partition coefficient (Wildman–Crippen LogP) is 0.418. The summed E-state index contributed by atoms with van der Waals surface area (Å²) in [5.74, 6) is -0.342. The molecule has 10 nitrogen and oxygen atoms in total. The summed E-state index contributed by atoms with van der Waals surface area (Å²) in [6.07, 6.45) is 0.711. The van der Waals surface area contributed by atoms with Crippen LogP contribution in [0, 0.1) is 0 Å². The van der Waals surface area contributed by atoms with Gasteiger partial charge in [-0.25, -0.2) is 9.59 Å². The van der Waals surface area contributed by atoms with Crippen LogP contribution in [0.1, 0.15) is 25.8 Å². The van der Waals surface area contributed by atoms with Gasteiger partial charge in [-0.15, -0.1) is 0 Å². The van der Waals surface area contributed by atoms with Gasteiger partial charge in [0.15, 0.2) is 11.5 Å². The van der Waals surface area contributed by atoms with Gasteiger partial charge in [0.25, 0.3) is 5.91 Å². The van der Waals surface area contributed by atoms with Gasteiger partial charge in [0.2, 0.25) is 12.7 Å². The maximum Gasteiger partial charge on any atom is 0.325 e. The Balaban J connectivity index is 1.71. The van der Waals surface area contributed by atoms with Crippen LogP contribution in [0.2, 0.25) is 0 Å². The van der Waals surface area contributed by atoms with Gasteiger partial charge in [-0.3, -0.25) is 19.8 Å². The van der Waals surface area contributed by atoms with Crippen LogP contribution in [0.3, 0.4) is 0 Å². The molecule has 144 valence electrons. The maximum atomic E-state index is 12.8. The van der Waals surface area contributed by atoms with Gasteiger partial charge in [0, 0.05) is 6.54 Å². The van der Waals surface area contributed by atoms with E-state index < -0.39 is 36.0 Å². The number of carbonyl (C=O) groups is 4. The molecule has 3 rings (SSSR count). The van der Waals surface area contributed by atoms with Crippen LogP contribution in [-0.4, -0.2) is 48.7 Å². The molecule has 1 atom stereocenters. The summed E-state index contributed by atoms with van der Waals surface area (Å²) < 4.78 is 10.5. The molecule has 0 aliphatic carbocycles. The summed E-state index contributed by atoms with van der Waals surface area (Å²) in [6, 6.07) is 3.52. The Bertz CT molecular complexity index is 811. The van der Waals surface area contributed by atoms with Crippen molar-refractivity contribution in [1.29, 1.82) is 0 Å². The molecule has 6 amide bonds. The average Bonchev–Trinajstić information content (AvgIpc) is 3.18. The lowest BCUT2D eigenvalue weighted by Crippen LogP contribution is -2.47. The molecular weight excluding hydrogens is 356 g/mol. The van der Waals surface area contributed by atoms with Crippen molar-refractivity contribution in [3.8, 4) is 11.5 Å². The summed E-state index contributed by atoms with van der Waals surface area (Å²) >= 11 is 0. The molecule has 0 aromatic heterocycles. The predicted molar refractivity (Wildman–Crippen MR) is 92.0 cm³/mol. The van der Waals surface area contributed by atoms with E-state index in [0.29, 0.717) is 30.0 Å². The minimum Gasteiger partial charge on any atom is -0.454 e. The van der Waals surface area contributed by atoms with E-state index in [4.69, 9.17) is 9.47 Å². The molecule has 2 aliphatic heterocycles. The fraction of sp³-hybridized carbons (Fsp3) is 0.412. The van der Waals surface area contributed by atoms with Gasteiger partial charge in [-0.1, -0.05) is 13.0 Å². The molecule has 10 heteroatoms. The number of urea groups is 2. The van der Waals surface area contributed by atoms with Crippen LogP contribution >= 0.6 is 0 Å². The largest absolute Gasteiger partial charge is 0.454 e. The molecule has 3 N–H and O–H groups in total. The van der Waals surface area contributed by atoms with Crippen LogP contribution in [0.4, 0.5) is 9.59 Å². The van der Waals surface area contributed by atoms with Crippen molar-refractivity contribution in [2.75, 3.05) is 19.9 Å². The molecular formula is C17H20N4O6. The second-order valence-corrected chi connectivity index (χ2v) is 6.32. The Morgan fingerprint density at radius 2 is 2.00 bits per heavy atom. The van der Waals surface area contributed by atoms with Crippen LogP contribution in [0.25, 0.3) is 0 Å². The highest BCUT2D eigenvalue weighted by Crippen LogP contribution is 2.37. The number of amides is 6. The highest BCUT2D eigenvalue weighted by atomic mass is 16.7. The molecule has 1 fully saturated rings. The topological polar surface area (TPSA) is 126 Å². The van der Waals surface area contributed by atoms with Gasteiger partial charge in [0.1, 0.15) is 12.1 Å². The number of carbonyl (C=O) groups excluding carboxylic acids is 4. The molecule has 2 heterocycles. The first kappa shape index (κ1) is 18.5. The zero-order chi connectivity index (χ0) is 19.6. The van der Waals surface area contributed by atoms with Crippen LogP contribution in [0.15, 0.2) is 18.2 Å². The van der Waals surface area contributed by atoms with Crippen LogP contribution in [-0.2, 0) is 15.1 Å². The van der Waals surface area contributed by atoms with Crippen molar-refractivity contribution < 1.29 is 28.7 Å². The SMILES string of the molecule is CCCNC(=O)NC(=O)CN1C(=O)N[C@@](C)(c2ccc3c(c2)OCO3)C1=O. The molecule has 0 unspecified atom stereocenters. The third-order valence-electron chi connectivity index (χ3n) is 4.32. The van der Waals surface area contributed by atoms with Gasteiger partial charge in [-0.05, 0) is 31.0 Å². The smallest absolute Gasteiger partial charge is 0.325 e. The van der Waals surface area contributed by atoms with E-state index >= 15 is 0 Å². The molecule has 1 aromatic carbocycles. The number of nitrogens with one attached hydrogen (secondary N) is 3. The number of fused-ring (bicyclic) bond motifs is 1. The molecule has 1 saturated heterocycles. The average molecular weight is 376 g/mol. The van der Waals surface area contributed by atoms with Crippen molar-refractivity contribution in [2.45, 2.75) is 25.8 Å². The lowest BCUT2D eigenvalue weighted by atomic mass is 9.91. The second-order valence-electron chi connectivity index (χ2n) is 6.32. The Morgan fingerprint density at radius 1 is 1.26 bits per heavy atom. The number of nitrogens with zero attached hydrogens (tertiary/aromatic N) is 1. The maximum absolute atomic E-state index is 12.8. The summed E-state index contributed by atoms with van der Waals surface area (Å²) in [7, 11) is 0. The standard InChI is InChI=1S/C17H20N4O6/c1-3-6-18-15(24)19-13(22)8-21-14(23)17(2,20-16(21)25)10-4-5-11-12(7-10)27-9-26-11/h4-5,7H,3,6,8-9H2,1-2H3,(H,20,25)(H2,18,19,22,24)/t17-/m0/s1. The first-order valence-corrected chi connectivity index (χ1v) is 8.47. The van der Waals surface area contributed by atoms with Crippen molar-refractivity contribution in [3.05, 3.63) is 23.8 Å². The quantitative estimate of drug-likeness (QED) is 0.640. The molecule has 27 heavy (non-hydrogen) atoms. The minimum absolute atomic E-state index is 0.0855. The highest BCUT2D eigenvalue weighted by molar-refractivity contribution is 6.10. The van der Waals surface area contributed by atoms with Crippen LogP contribution < -0.4 is 25.4 Å². The van der Waals surface area contributed by atoms with Crippen molar-refractivity contribution >= 4 is 23.9 Å². The summed E-state index contributed by atoms with van der Waals surface area (Å²) in [4.78, 5) is 49.4. The Kier molecular flexibility index (Phi) is 4.89. The third-order valence-corrected chi connectivity index (χ3v) is 4.32. The summed E-state index contributed by atoms with van der Waals surface area (Å²) in [5.41, 5.74) is -0.864. The first-order chi connectivity index (χ1) is 12.8. The fourth-order valence-electron chi connectivity index (χ4n) is 2.84. The Morgan fingerprint density at radius 3 is 2.74 bits per heavy atom. The zero-order valence-corrected chi connectivity index (χ0v) is 15.0. The van der Waals surface area contributed by atoms with Gasteiger partial charge < -0.3 is 20.1 Å². The summed E-state index contributed by atoms with van der Waals surface area (Å²) in [6.45, 7) is 3.33. The van der Waals surface area contributed by atoms with E-state index in [-0.39, 0.29) is 6.79 Å². The van der Waals surface area contributed by atoms with Crippen LogP contribution in [0.5, 0.6) is 11.5 Å². The monoisotopic (exact) mass is 376 g/mol. The normalized spacial score (nSPS) is 20.4. The molecule has 1 aromatic rings. The lowest BCUT2D eigenvalue weighted by Gasteiger charge is -2.22. The van der Waals surface area contributed by atoms with E-state index in [1.165, 1.54) is 6.92 Å². The molecule has 0 radical (unpaired) electrons. The Labute approximate surface area is 155 Å². The van der Waals surface area contributed by atoms with E-state index in [1.807, 2.05) is 6.92 Å². The van der Waals surface area contributed by atoms with Gasteiger partial charge >= 0.3 is 12.1 Å². The highest BCUT2D eigenvalue weighted by Gasteiger charge is 2.50. The molecule has 0 bridgehead atoms. The van der Waals surface area contributed by atoms with Crippen molar-refractivity contribution in [2.24, 2.45) is 0 Å². The summed E-state index contributed by atoms with van der Waals surface area (Å²) in [5, 5.41) is 7.15. The minimum atomic E-state index is -1.36. The van der Waals surface area contributed by atoms with Crippen molar-refractivity contribution in [1.82, 2.24) is 20.9 Å². The van der Waals surface area contributed by atoms with E-state index in [2.05, 4.69) is 16.0 Å². The van der Waals surface area contributed by atoms with Gasteiger partial charge in [-0.2, -0.15) is 0 Å². The van der Waals surface area contributed by atoms with E-state index in [0.717, 1.165) is 4.90 Å². The number of imide groups is 2. The first-order valence-electron chi connectivity index (χ1n) is 8.47. The zero-order valence-electron chi connectivity index (χ0n) is 15.0. The number of ether oxygens (including phenoxy) is 2. The number of rotatable bonds is 5. The molecule has 0 spiro atoms. The number of hydrogen-bond acceptors (Lipinski definition) is 6. The molecule has 2 aliphatic rings. The Hall–Kier alpha value is -3.30.